The fourth-order valence-electron chi connectivity index (χ4n) is 2.06. The van der Waals surface area contributed by atoms with E-state index in [9.17, 15) is 14.7 Å². The lowest BCUT2D eigenvalue weighted by atomic mass is 9.98. The Hall–Kier alpha value is -2.33. The summed E-state index contributed by atoms with van der Waals surface area (Å²) in [5, 5.41) is 18.8. The predicted molar refractivity (Wildman–Crippen MR) is 79.2 cm³/mol. The largest absolute Gasteiger partial charge is 0.478 e. The van der Waals surface area contributed by atoms with Crippen molar-refractivity contribution in [1.29, 1.82) is 0 Å². The van der Waals surface area contributed by atoms with Gasteiger partial charge in [0.05, 0.1) is 11.1 Å². The van der Waals surface area contributed by atoms with Crippen molar-refractivity contribution < 1.29 is 19.8 Å². The predicted octanol–water partition coefficient (Wildman–Crippen LogP) is 3.52. The smallest absolute Gasteiger partial charge is 0.335 e. The maximum atomic E-state index is 11.2. The van der Waals surface area contributed by atoms with Crippen molar-refractivity contribution in [3.05, 3.63) is 69.7 Å². The summed E-state index contributed by atoms with van der Waals surface area (Å²) in [6, 6.07) is 11.5. The topological polar surface area (TPSA) is 74.6 Å². The summed E-state index contributed by atoms with van der Waals surface area (Å²) in [7, 11) is 0. The third-order valence-electron chi connectivity index (χ3n) is 3.18. The number of carboxylic acid groups (broad SMARTS) is 2. The molecule has 0 heterocycles. The summed E-state index contributed by atoms with van der Waals surface area (Å²) in [6.07, 6.45) is 1.17. The molecule has 2 rings (SSSR count). The molecule has 108 valence electrons. The summed E-state index contributed by atoms with van der Waals surface area (Å²) in [5.74, 6) is -2.26. The van der Waals surface area contributed by atoms with Crippen LogP contribution in [0, 0.1) is 0 Å². The first-order valence-corrected chi connectivity index (χ1v) is 6.69. The third-order valence-corrected chi connectivity index (χ3v) is 3.44. The molecule has 0 saturated heterocycles. The molecule has 0 bridgehead atoms. The van der Waals surface area contributed by atoms with Crippen LogP contribution in [-0.4, -0.2) is 22.2 Å². The summed E-state index contributed by atoms with van der Waals surface area (Å²) in [5.41, 5.74) is 1.66. The molecule has 0 aromatic heterocycles. The first-order chi connectivity index (χ1) is 9.97. The van der Waals surface area contributed by atoms with Crippen molar-refractivity contribution in [2.45, 2.75) is 12.8 Å². The van der Waals surface area contributed by atoms with Gasteiger partial charge in [-0.05, 0) is 48.2 Å². The highest BCUT2D eigenvalue weighted by molar-refractivity contribution is 6.30. The average molecular weight is 305 g/mol. The zero-order valence-electron chi connectivity index (χ0n) is 11.0. The number of halogens is 1. The molecular formula is C16H13ClO4. The van der Waals surface area contributed by atoms with E-state index in [0.717, 1.165) is 5.56 Å². The number of rotatable bonds is 5. The van der Waals surface area contributed by atoms with Gasteiger partial charge in [0.1, 0.15) is 0 Å². The summed E-state index contributed by atoms with van der Waals surface area (Å²) in [6.45, 7) is 0. The molecule has 2 aromatic carbocycles. The first kappa shape index (κ1) is 15.1. The number of carbonyl (C=O) groups is 2. The average Bonchev–Trinajstić information content (AvgIpc) is 2.46. The highest BCUT2D eigenvalue weighted by atomic mass is 35.5. The van der Waals surface area contributed by atoms with E-state index in [4.69, 9.17) is 16.7 Å². The Morgan fingerprint density at radius 3 is 2.14 bits per heavy atom. The van der Waals surface area contributed by atoms with E-state index in [1.165, 1.54) is 12.1 Å². The van der Waals surface area contributed by atoms with E-state index in [0.29, 0.717) is 23.4 Å². The zero-order valence-corrected chi connectivity index (χ0v) is 11.8. The van der Waals surface area contributed by atoms with E-state index in [1.54, 1.807) is 18.2 Å². The van der Waals surface area contributed by atoms with Crippen molar-refractivity contribution in [3.8, 4) is 0 Å². The van der Waals surface area contributed by atoms with Crippen LogP contribution in [0.2, 0.25) is 5.02 Å². The molecule has 0 aliphatic rings. The Labute approximate surface area is 126 Å². The maximum Gasteiger partial charge on any atom is 0.335 e. The molecule has 0 aliphatic heterocycles. The van der Waals surface area contributed by atoms with Gasteiger partial charge in [0.2, 0.25) is 0 Å². The maximum absolute atomic E-state index is 11.2. The second kappa shape index (κ2) is 6.41. The van der Waals surface area contributed by atoms with Crippen molar-refractivity contribution >= 4 is 23.5 Å². The molecule has 0 saturated carbocycles. The Bertz CT molecular complexity index is 677. The van der Waals surface area contributed by atoms with Gasteiger partial charge < -0.3 is 10.2 Å². The summed E-state index contributed by atoms with van der Waals surface area (Å²) >= 11 is 5.81. The van der Waals surface area contributed by atoms with Gasteiger partial charge in [0, 0.05) is 5.02 Å². The molecule has 0 atom stereocenters. The van der Waals surface area contributed by atoms with Crippen molar-refractivity contribution in [2.24, 2.45) is 0 Å². The molecule has 5 heteroatoms. The van der Waals surface area contributed by atoms with Gasteiger partial charge >= 0.3 is 11.9 Å². The Balaban J connectivity index is 2.21. The van der Waals surface area contributed by atoms with Crippen LogP contribution in [0.15, 0.2) is 42.5 Å². The monoisotopic (exact) mass is 304 g/mol. The van der Waals surface area contributed by atoms with Crippen molar-refractivity contribution in [1.82, 2.24) is 0 Å². The van der Waals surface area contributed by atoms with Gasteiger partial charge in [0.25, 0.3) is 0 Å². The van der Waals surface area contributed by atoms with E-state index in [2.05, 4.69) is 0 Å². The molecular weight excluding hydrogens is 292 g/mol. The van der Waals surface area contributed by atoms with Gasteiger partial charge in [-0.3, -0.25) is 0 Å². The van der Waals surface area contributed by atoms with E-state index in [-0.39, 0.29) is 11.1 Å². The molecule has 21 heavy (non-hydrogen) atoms. The number of hydrogen-bond acceptors (Lipinski definition) is 2. The Morgan fingerprint density at radius 2 is 1.57 bits per heavy atom. The van der Waals surface area contributed by atoms with Crippen LogP contribution in [0.1, 0.15) is 31.8 Å². The lowest BCUT2D eigenvalue weighted by Gasteiger charge is -2.07. The Kier molecular flexibility index (Phi) is 4.60. The van der Waals surface area contributed by atoms with Crippen LogP contribution in [0.4, 0.5) is 0 Å². The molecule has 0 radical (unpaired) electrons. The second-order valence-corrected chi connectivity index (χ2v) is 5.05. The normalized spacial score (nSPS) is 10.3. The zero-order chi connectivity index (χ0) is 15.4. The number of hydrogen-bond donors (Lipinski definition) is 2. The minimum absolute atomic E-state index is 0.0253. The summed E-state index contributed by atoms with van der Waals surface area (Å²) < 4.78 is 0. The molecule has 2 N–H and O–H groups in total. The highest BCUT2D eigenvalue weighted by Gasteiger charge is 2.13. The van der Waals surface area contributed by atoms with E-state index in [1.807, 2.05) is 12.1 Å². The van der Waals surface area contributed by atoms with Gasteiger partial charge in [0.15, 0.2) is 0 Å². The number of benzene rings is 2. The highest BCUT2D eigenvalue weighted by Crippen LogP contribution is 2.17. The molecule has 4 nitrogen and oxygen atoms in total. The number of carboxylic acids is 2. The molecule has 0 unspecified atom stereocenters. The number of aryl methyl sites for hydroxylation is 2. The molecule has 0 spiro atoms. The number of aromatic carboxylic acids is 2. The van der Waals surface area contributed by atoms with Crippen LogP contribution in [-0.2, 0) is 12.8 Å². The van der Waals surface area contributed by atoms with Crippen LogP contribution in [0.25, 0.3) is 0 Å². The minimum Gasteiger partial charge on any atom is -0.478 e. The van der Waals surface area contributed by atoms with Gasteiger partial charge in [-0.2, -0.15) is 0 Å². The molecule has 2 aromatic rings. The van der Waals surface area contributed by atoms with Gasteiger partial charge in [-0.15, -0.1) is 0 Å². The minimum atomic E-state index is -1.14. The Morgan fingerprint density at radius 1 is 0.905 bits per heavy atom. The fraction of sp³-hybridized carbons (Fsp3) is 0.125. The van der Waals surface area contributed by atoms with Crippen molar-refractivity contribution in [3.63, 3.8) is 0 Å². The molecule has 0 fully saturated rings. The van der Waals surface area contributed by atoms with Crippen LogP contribution < -0.4 is 0 Å². The summed E-state index contributed by atoms with van der Waals surface area (Å²) in [4.78, 5) is 22.1. The van der Waals surface area contributed by atoms with Gasteiger partial charge in [-0.1, -0.05) is 29.8 Å². The lowest BCUT2D eigenvalue weighted by Crippen LogP contribution is -2.07. The standard InChI is InChI=1S/C16H13ClO4/c17-13-7-2-10(3-8-13)1-4-11-5-6-12(15(18)19)9-14(11)16(20)21/h2-3,5-9H,1,4H2,(H,18,19)(H,20,21). The SMILES string of the molecule is O=C(O)c1ccc(CCc2ccc(Cl)cc2)c(C(=O)O)c1. The lowest BCUT2D eigenvalue weighted by molar-refractivity contribution is 0.0695. The van der Waals surface area contributed by atoms with Gasteiger partial charge in [-0.25, -0.2) is 9.59 Å². The van der Waals surface area contributed by atoms with Crippen LogP contribution >= 0.6 is 11.6 Å². The van der Waals surface area contributed by atoms with Crippen molar-refractivity contribution in [2.75, 3.05) is 0 Å². The first-order valence-electron chi connectivity index (χ1n) is 6.31. The van der Waals surface area contributed by atoms with Crippen LogP contribution in [0.5, 0.6) is 0 Å². The van der Waals surface area contributed by atoms with E-state index < -0.39 is 11.9 Å². The van der Waals surface area contributed by atoms with Crippen LogP contribution in [0.3, 0.4) is 0 Å². The molecule has 0 aliphatic carbocycles. The van der Waals surface area contributed by atoms with E-state index >= 15 is 0 Å². The molecule has 0 amide bonds. The third kappa shape index (κ3) is 3.83. The fourth-order valence-corrected chi connectivity index (χ4v) is 2.18. The quantitative estimate of drug-likeness (QED) is 0.886. The second-order valence-electron chi connectivity index (χ2n) is 4.61.